The summed E-state index contributed by atoms with van der Waals surface area (Å²) in [6.45, 7) is 6.31. The molecule has 0 unspecified atom stereocenters. The Morgan fingerprint density at radius 2 is 2.08 bits per heavy atom. The van der Waals surface area contributed by atoms with Crippen LogP contribution in [-0.2, 0) is 0 Å². The van der Waals surface area contributed by atoms with Gasteiger partial charge in [-0.3, -0.25) is 5.10 Å². The summed E-state index contributed by atoms with van der Waals surface area (Å²) in [4.78, 5) is 14.0. The zero-order valence-electron chi connectivity index (χ0n) is 14.0. The highest BCUT2D eigenvalue weighted by Crippen LogP contribution is 2.26. The third-order valence-corrected chi connectivity index (χ3v) is 4.41. The first-order chi connectivity index (χ1) is 11.7. The van der Waals surface area contributed by atoms with Crippen molar-refractivity contribution in [3.8, 4) is 11.4 Å². The Hall–Kier alpha value is -2.48. The van der Waals surface area contributed by atoms with E-state index < -0.39 is 0 Å². The lowest BCUT2D eigenvalue weighted by Gasteiger charge is -2.24. The number of hydrogen-bond acceptors (Lipinski definition) is 6. The van der Waals surface area contributed by atoms with Crippen LogP contribution in [-0.4, -0.2) is 48.8 Å². The molecule has 3 aromatic heterocycles. The van der Waals surface area contributed by atoms with Crippen LogP contribution < -0.4 is 10.6 Å². The van der Waals surface area contributed by atoms with Crippen molar-refractivity contribution >= 4 is 17.0 Å². The number of nitrogens with one attached hydrogen (secondary N) is 3. The van der Waals surface area contributed by atoms with Crippen molar-refractivity contribution in [2.75, 3.05) is 18.4 Å². The molecule has 4 rings (SSSR count). The molecule has 4 heterocycles. The van der Waals surface area contributed by atoms with E-state index in [0.717, 1.165) is 48.5 Å². The molecule has 126 valence electrons. The first-order valence-electron chi connectivity index (χ1n) is 8.43. The highest BCUT2D eigenvalue weighted by atomic mass is 15.2. The fraction of sp³-hybridized carbons (Fsp3) is 0.500. The van der Waals surface area contributed by atoms with Gasteiger partial charge in [0.1, 0.15) is 5.52 Å². The maximum atomic E-state index is 4.73. The molecular formula is C16H22N8. The normalized spacial score (nSPS) is 16.1. The monoisotopic (exact) mass is 326 g/mol. The Morgan fingerprint density at radius 1 is 1.25 bits per heavy atom. The van der Waals surface area contributed by atoms with Gasteiger partial charge in [-0.2, -0.15) is 5.10 Å². The van der Waals surface area contributed by atoms with Crippen LogP contribution in [0.4, 0.5) is 5.82 Å². The van der Waals surface area contributed by atoms with E-state index in [9.17, 15) is 0 Å². The average molecular weight is 326 g/mol. The van der Waals surface area contributed by atoms with Crippen LogP contribution in [0.5, 0.6) is 0 Å². The molecule has 8 nitrogen and oxygen atoms in total. The molecule has 0 spiro atoms. The first kappa shape index (κ1) is 15.1. The number of anilines is 1. The van der Waals surface area contributed by atoms with Gasteiger partial charge in [0.15, 0.2) is 17.3 Å². The maximum absolute atomic E-state index is 4.73. The fourth-order valence-corrected chi connectivity index (χ4v) is 3.06. The van der Waals surface area contributed by atoms with Crippen molar-refractivity contribution in [3.63, 3.8) is 0 Å². The summed E-state index contributed by atoms with van der Waals surface area (Å²) in [6, 6.07) is 0.694. The minimum atomic E-state index is 0.286. The predicted molar refractivity (Wildman–Crippen MR) is 92.8 cm³/mol. The lowest BCUT2D eigenvalue weighted by molar-refractivity contribution is 0.478. The number of piperidine rings is 1. The lowest BCUT2D eigenvalue weighted by Crippen LogP contribution is -2.35. The van der Waals surface area contributed by atoms with Crippen LogP contribution in [0, 0.1) is 0 Å². The third-order valence-electron chi connectivity index (χ3n) is 4.41. The Balaban J connectivity index is 1.80. The summed E-state index contributed by atoms with van der Waals surface area (Å²) in [5.41, 5.74) is 2.56. The van der Waals surface area contributed by atoms with Gasteiger partial charge >= 0.3 is 0 Å². The number of imidazole rings is 1. The molecule has 0 bridgehead atoms. The summed E-state index contributed by atoms with van der Waals surface area (Å²) in [7, 11) is 0. The molecule has 0 amide bonds. The summed E-state index contributed by atoms with van der Waals surface area (Å²) < 4.78 is 2.08. The summed E-state index contributed by atoms with van der Waals surface area (Å²) >= 11 is 0. The molecule has 1 saturated heterocycles. The van der Waals surface area contributed by atoms with Crippen LogP contribution in [0.3, 0.4) is 0 Å². The SMILES string of the molecule is CC(C)n1cnc2c(NC3CCNCC3)nc(-c3cn[nH]c3)nc21. The molecule has 0 aliphatic carbocycles. The van der Waals surface area contributed by atoms with Gasteiger partial charge in [-0.1, -0.05) is 0 Å². The molecule has 0 radical (unpaired) electrons. The van der Waals surface area contributed by atoms with E-state index in [0.29, 0.717) is 11.9 Å². The molecule has 1 aliphatic rings. The molecule has 8 heteroatoms. The Labute approximate surface area is 140 Å². The number of fused-ring (bicyclic) bond motifs is 1. The van der Waals surface area contributed by atoms with Crippen molar-refractivity contribution in [3.05, 3.63) is 18.7 Å². The molecule has 0 atom stereocenters. The molecule has 0 aromatic carbocycles. The highest BCUT2D eigenvalue weighted by Gasteiger charge is 2.19. The molecule has 0 saturated carbocycles. The first-order valence-corrected chi connectivity index (χ1v) is 8.43. The van der Waals surface area contributed by atoms with Gasteiger partial charge < -0.3 is 15.2 Å². The topological polar surface area (TPSA) is 96.3 Å². The molecular weight excluding hydrogens is 304 g/mol. The minimum absolute atomic E-state index is 0.286. The van der Waals surface area contributed by atoms with Crippen LogP contribution in [0.25, 0.3) is 22.6 Å². The van der Waals surface area contributed by atoms with Crippen LogP contribution in [0.2, 0.25) is 0 Å². The molecule has 3 aromatic rings. The second-order valence-electron chi connectivity index (χ2n) is 6.47. The summed E-state index contributed by atoms with van der Waals surface area (Å²) in [6.07, 6.45) is 7.56. The molecule has 1 fully saturated rings. The van der Waals surface area contributed by atoms with Crippen molar-refractivity contribution in [2.45, 2.75) is 38.8 Å². The van der Waals surface area contributed by atoms with Crippen molar-refractivity contribution in [1.82, 2.24) is 35.0 Å². The molecule has 3 N–H and O–H groups in total. The van der Waals surface area contributed by atoms with E-state index in [1.165, 1.54) is 0 Å². The second-order valence-corrected chi connectivity index (χ2v) is 6.47. The van der Waals surface area contributed by atoms with Gasteiger partial charge in [0.2, 0.25) is 0 Å². The van der Waals surface area contributed by atoms with Crippen molar-refractivity contribution in [1.29, 1.82) is 0 Å². The smallest absolute Gasteiger partial charge is 0.167 e. The zero-order chi connectivity index (χ0) is 16.5. The molecule has 1 aliphatic heterocycles. The summed E-state index contributed by atoms with van der Waals surface area (Å²) in [5.74, 6) is 1.47. The number of rotatable bonds is 4. The van der Waals surface area contributed by atoms with Crippen molar-refractivity contribution < 1.29 is 0 Å². The average Bonchev–Trinajstić information content (AvgIpc) is 3.25. The Kier molecular flexibility index (Phi) is 3.89. The highest BCUT2D eigenvalue weighted by molar-refractivity contribution is 5.85. The lowest BCUT2D eigenvalue weighted by atomic mass is 10.1. The van der Waals surface area contributed by atoms with E-state index in [1.54, 1.807) is 6.20 Å². The molecule has 24 heavy (non-hydrogen) atoms. The summed E-state index contributed by atoms with van der Waals surface area (Å²) in [5, 5.41) is 13.8. The van der Waals surface area contributed by atoms with E-state index in [2.05, 4.69) is 44.2 Å². The number of hydrogen-bond donors (Lipinski definition) is 3. The number of aromatic nitrogens is 6. The van der Waals surface area contributed by atoms with Gasteiger partial charge in [-0.15, -0.1) is 0 Å². The van der Waals surface area contributed by atoms with Gasteiger partial charge in [-0.25, -0.2) is 15.0 Å². The van der Waals surface area contributed by atoms with E-state index in [-0.39, 0.29) is 6.04 Å². The number of nitrogens with zero attached hydrogens (tertiary/aromatic N) is 5. The zero-order valence-corrected chi connectivity index (χ0v) is 14.0. The van der Waals surface area contributed by atoms with Crippen LogP contribution in [0.15, 0.2) is 18.7 Å². The predicted octanol–water partition coefficient (Wildman–Crippen LogP) is 1.96. The quantitative estimate of drug-likeness (QED) is 0.678. The van der Waals surface area contributed by atoms with E-state index in [4.69, 9.17) is 9.97 Å². The van der Waals surface area contributed by atoms with E-state index in [1.807, 2.05) is 12.5 Å². The minimum Gasteiger partial charge on any atom is -0.365 e. The van der Waals surface area contributed by atoms with Crippen LogP contribution >= 0.6 is 0 Å². The maximum Gasteiger partial charge on any atom is 0.167 e. The van der Waals surface area contributed by atoms with Gasteiger partial charge in [0, 0.05) is 18.3 Å². The third kappa shape index (κ3) is 2.73. The van der Waals surface area contributed by atoms with Gasteiger partial charge in [-0.05, 0) is 39.8 Å². The fourth-order valence-electron chi connectivity index (χ4n) is 3.06. The largest absolute Gasteiger partial charge is 0.365 e. The van der Waals surface area contributed by atoms with E-state index >= 15 is 0 Å². The number of H-pyrrole nitrogens is 1. The van der Waals surface area contributed by atoms with Gasteiger partial charge in [0.05, 0.1) is 18.1 Å². The van der Waals surface area contributed by atoms with Crippen LogP contribution in [0.1, 0.15) is 32.7 Å². The second kappa shape index (κ2) is 6.20. The number of aromatic amines is 1. The Morgan fingerprint density at radius 3 is 2.79 bits per heavy atom. The Bertz CT molecular complexity index is 814. The standard InChI is InChI=1S/C16H22N8/c1-10(2)24-9-18-13-15(21-12-3-5-17-6-4-12)22-14(23-16(13)24)11-7-19-20-8-11/h7-10,12,17H,3-6H2,1-2H3,(H,19,20)(H,21,22,23). The van der Waals surface area contributed by atoms with Gasteiger partial charge in [0.25, 0.3) is 0 Å². The van der Waals surface area contributed by atoms with Crippen molar-refractivity contribution in [2.24, 2.45) is 0 Å².